The van der Waals surface area contributed by atoms with Crippen LogP contribution in [0.4, 0.5) is 0 Å². The van der Waals surface area contributed by atoms with Crippen molar-refractivity contribution < 1.29 is 4.74 Å². The number of nitrogens with one attached hydrogen (secondary N) is 1. The second-order valence-electron chi connectivity index (χ2n) is 4.73. The lowest BCUT2D eigenvalue weighted by molar-refractivity contribution is 0.397. The Morgan fingerprint density at radius 1 is 1.15 bits per heavy atom. The van der Waals surface area contributed by atoms with E-state index < -0.39 is 0 Å². The number of pyridine rings is 1. The molecule has 0 aliphatic heterocycles. The summed E-state index contributed by atoms with van der Waals surface area (Å²) in [6, 6.07) is 14.5. The molecule has 3 heteroatoms. The van der Waals surface area contributed by atoms with Crippen LogP contribution in [-0.4, -0.2) is 18.6 Å². The molecule has 0 radical (unpaired) electrons. The molecule has 0 bridgehead atoms. The van der Waals surface area contributed by atoms with Gasteiger partial charge >= 0.3 is 0 Å². The first kappa shape index (κ1) is 14.5. The first-order valence-corrected chi connectivity index (χ1v) is 7.11. The normalized spacial score (nSPS) is 12.1. The van der Waals surface area contributed by atoms with E-state index in [1.807, 2.05) is 30.5 Å². The number of ether oxygens (including phenoxy) is 1. The van der Waals surface area contributed by atoms with Gasteiger partial charge in [-0.3, -0.25) is 4.98 Å². The lowest BCUT2D eigenvalue weighted by Crippen LogP contribution is -2.23. The Kier molecular flexibility index (Phi) is 5.56. The molecular formula is C17H22N2O. The van der Waals surface area contributed by atoms with Gasteiger partial charge in [0.05, 0.1) is 7.11 Å². The van der Waals surface area contributed by atoms with Crippen LogP contribution in [0.2, 0.25) is 0 Å². The molecule has 3 nitrogen and oxygen atoms in total. The Labute approximate surface area is 121 Å². The fourth-order valence-electron chi connectivity index (χ4n) is 2.35. The molecular weight excluding hydrogens is 248 g/mol. The largest absolute Gasteiger partial charge is 0.496 e. The highest BCUT2D eigenvalue weighted by Crippen LogP contribution is 2.26. The highest BCUT2D eigenvalue weighted by Gasteiger charge is 2.12. The van der Waals surface area contributed by atoms with Gasteiger partial charge < -0.3 is 10.1 Å². The van der Waals surface area contributed by atoms with Gasteiger partial charge in [0.1, 0.15) is 5.75 Å². The molecule has 0 spiro atoms. The van der Waals surface area contributed by atoms with Gasteiger partial charge in [-0.15, -0.1) is 0 Å². The second kappa shape index (κ2) is 7.65. The van der Waals surface area contributed by atoms with Gasteiger partial charge in [-0.25, -0.2) is 0 Å². The molecule has 1 N–H and O–H groups in total. The van der Waals surface area contributed by atoms with Crippen molar-refractivity contribution in [3.8, 4) is 5.75 Å². The van der Waals surface area contributed by atoms with Gasteiger partial charge in [-0.1, -0.05) is 31.2 Å². The third-order valence-corrected chi connectivity index (χ3v) is 3.42. The van der Waals surface area contributed by atoms with Gasteiger partial charge in [-0.05, 0) is 24.6 Å². The standard InChI is InChI=1S/C17H22N2O/c1-3-16(15-9-4-5-10-17(15)20-2)19-13-11-14-8-6-7-12-18-14/h4-10,12,16,19H,3,11,13H2,1-2H3. The molecule has 1 unspecified atom stereocenters. The Hall–Kier alpha value is -1.87. The molecule has 0 fully saturated rings. The van der Waals surface area contributed by atoms with Crippen molar-refractivity contribution in [2.75, 3.05) is 13.7 Å². The van der Waals surface area contributed by atoms with Crippen LogP contribution >= 0.6 is 0 Å². The zero-order valence-corrected chi connectivity index (χ0v) is 12.2. The molecule has 1 aromatic heterocycles. The SMILES string of the molecule is CCC(NCCc1ccccn1)c1ccccc1OC. The van der Waals surface area contributed by atoms with E-state index in [4.69, 9.17) is 4.74 Å². The average Bonchev–Trinajstić information content (AvgIpc) is 2.53. The number of rotatable bonds is 7. The zero-order chi connectivity index (χ0) is 14.2. The maximum Gasteiger partial charge on any atom is 0.123 e. The predicted octanol–water partition coefficient (Wildman–Crippen LogP) is 3.37. The molecule has 0 saturated heterocycles. The van der Waals surface area contributed by atoms with E-state index in [2.05, 4.69) is 35.4 Å². The molecule has 106 valence electrons. The molecule has 0 saturated carbocycles. The zero-order valence-electron chi connectivity index (χ0n) is 12.2. The molecule has 2 aromatic rings. The minimum absolute atomic E-state index is 0.315. The summed E-state index contributed by atoms with van der Waals surface area (Å²) in [5, 5.41) is 3.59. The summed E-state index contributed by atoms with van der Waals surface area (Å²) in [6.07, 6.45) is 3.81. The molecule has 0 aliphatic carbocycles. The lowest BCUT2D eigenvalue weighted by atomic mass is 10.0. The Morgan fingerprint density at radius 3 is 2.65 bits per heavy atom. The predicted molar refractivity (Wildman–Crippen MR) is 82.0 cm³/mol. The number of methoxy groups -OCH3 is 1. The Balaban J connectivity index is 1.95. The highest BCUT2D eigenvalue weighted by atomic mass is 16.5. The third-order valence-electron chi connectivity index (χ3n) is 3.42. The van der Waals surface area contributed by atoms with E-state index in [0.717, 1.165) is 30.8 Å². The van der Waals surface area contributed by atoms with Crippen LogP contribution in [0.1, 0.15) is 30.6 Å². The maximum absolute atomic E-state index is 5.44. The first-order chi connectivity index (χ1) is 9.85. The quantitative estimate of drug-likeness (QED) is 0.837. The van der Waals surface area contributed by atoms with E-state index in [-0.39, 0.29) is 0 Å². The van der Waals surface area contributed by atoms with E-state index in [1.54, 1.807) is 7.11 Å². The van der Waals surface area contributed by atoms with Crippen LogP contribution in [0.3, 0.4) is 0 Å². The number of aromatic nitrogens is 1. The fraction of sp³-hybridized carbons (Fsp3) is 0.353. The molecule has 2 rings (SSSR count). The van der Waals surface area contributed by atoms with Crippen LogP contribution in [0.15, 0.2) is 48.7 Å². The summed E-state index contributed by atoms with van der Waals surface area (Å²) in [4.78, 5) is 4.34. The van der Waals surface area contributed by atoms with Gasteiger partial charge in [0.25, 0.3) is 0 Å². The van der Waals surface area contributed by atoms with Crippen LogP contribution < -0.4 is 10.1 Å². The van der Waals surface area contributed by atoms with E-state index in [0.29, 0.717) is 6.04 Å². The average molecular weight is 270 g/mol. The second-order valence-corrected chi connectivity index (χ2v) is 4.73. The fourth-order valence-corrected chi connectivity index (χ4v) is 2.35. The summed E-state index contributed by atoms with van der Waals surface area (Å²) in [5.74, 6) is 0.949. The lowest BCUT2D eigenvalue weighted by Gasteiger charge is -2.19. The molecule has 0 aliphatic rings. The summed E-state index contributed by atoms with van der Waals surface area (Å²) >= 11 is 0. The smallest absolute Gasteiger partial charge is 0.123 e. The number of nitrogens with zero attached hydrogens (tertiary/aromatic N) is 1. The number of para-hydroxylation sites is 1. The van der Waals surface area contributed by atoms with Crippen LogP contribution in [0.5, 0.6) is 5.75 Å². The molecule has 1 aromatic carbocycles. The maximum atomic E-state index is 5.44. The summed E-state index contributed by atoms with van der Waals surface area (Å²) < 4.78 is 5.44. The van der Waals surface area contributed by atoms with Crippen molar-refractivity contribution in [2.24, 2.45) is 0 Å². The highest BCUT2D eigenvalue weighted by molar-refractivity contribution is 5.35. The van der Waals surface area contributed by atoms with E-state index in [9.17, 15) is 0 Å². The molecule has 1 atom stereocenters. The minimum Gasteiger partial charge on any atom is -0.496 e. The third kappa shape index (κ3) is 3.81. The topological polar surface area (TPSA) is 34.2 Å². The molecule has 0 amide bonds. The van der Waals surface area contributed by atoms with E-state index >= 15 is 0 Å². The summed E-state index contributed by atoms with van der Waals surface area (Å²) in [6.45, 7) is 3.10. The van der Waals surface area contributed by atoms with Crippen LogP contribution in [0, 0.1) is 0 Å². The number of benzene rings is 1. The van der Waals surface area contributed by atoms with Gasteiger partial charge in [0, 0.05) is 36.5 Å². The Bertz CT molecular complexity index is 513. The van der Waals surface area contributed by atoms with E-state index in [1.165, 1.54) is 5.56 Å². The van der Waals surface area contributed by atoms with Crippen molar-refractivity contribution in [2.45, 2.75) is 25.8 Å². The summed E-state index contributed by atoms with van der Waals surface area (Å²) in [7, 11) is 1.72. The van der Waals surface area contributed by atoms with Crippen LogP contribution in [0.25, 0.3) is 0 Å². The first-order valence-electron chi connectivity index (χ1n) is 7.11. The monoisotopic (exact) mass is 270 g/mol. The van der Waals surface area contributed by atoms with Gasteiger partial charge in [0.2, 0.25) is 0 Å². The van der Waals surface area contributed by atoms with Crippen LogP contribution in [-0.2, 0) is 6.42 Å². The number of hydrogen-bond donors (Lipinski definition) is 1. The van der Waals surface area contributed by atoms with Crippen molar-refractivity contribution >= 4 is 0 Å². The van der Waals surface area contributed by atoms with Crippen molar-refractivity contribution in [1.82, 2.24) is 10.3 Å². The number of hydrogen-bond acceptors (Lipinski definition) is 3. The minimum atomic E-state index is 0.315. The van der Waals surface area contributed by atoms with Crippen molar-refractivity contribution in [1.29, 1.82) is 0 Å². The molecule has 20 heavy (non-hydrogen) atoms. The van der Waals surface area contributed by atoms with Gasteiger partial charge in [-0.2, -0.15) is 0 Å². The van der Waals surface area contributed by atoms with Crippen molar-refractivity contribution in [3.63, 3.8) is 0 Å². The molecule has 1 heterocycles. The van der Waals surface area contributed by atoms with Crippen molar-refractivity contribution in [3.05, 3.63) is 59.9 Å². The van der Waals surface area contributed by atoms with Gasteiger partial charge in [0.15, 0.2) is 0 Å². The summed E-state index contributed by atoms with van der Waals surface area (Å²) in [5.41, 5.74) is 2.34. The Morgan fingerprint density at radius 2 is 1.95 bits per heavy atom.